The fourth-order valence-corrected chi connectivity index (χ4v) is 5.07. The van der Waals surface area contributed by atoms with Gasteiger partial charge in [-0.1, -0.05) is 26.2 Å². The summed E-state index contributed by atoms with van der Waals surface area (Å²) in [7, 11) is 2.18. The fourth-order valence-electron chi connectivity index (χ4n) is 5.07. The van der Waals surface area contributed by atoms with E-state index in [1.165, 1.54) is 19.3 Å². The Balaban J connectivity index is 1.53. The van der Waals surface area contributed by atoms with Crippen LogP contribution in [0.5, 0.6) is 0 Å². The number of amides is 1. The minimum atomic E-state index is 0.0201. The summed E-state index contributed by atoms with van der Waals surface area (Å²) in [6, 6.07) is 0.445. The van der Waals surface area contributed by atoms with Gasteiger partial charge in [0.2, 0.25) is 5.95 Å². The summed E-state index contributed by atoms with van der Waals surface area (Å²) in [5, 5.41) is 0. The first-order valence-electron chi connectivity index (χ1n) is 10.8. The number of hydrogen-bond donors (Lipinski definition) is 0. The number of likely N-dealkylation sites (N-methyl/N-ethyl adjacent to an activating group) is 1. The number of likely N-dealkylation sites (tertiary alicyclic amines) is 1. The van der Waals surface area contributed by atoms with E-state index in [0.717, 1.165) is 45.4 Å². The second-order valence-electron chi connectivity index (χ2n) is 8.50. The summed E-state index contributed by atoms with van der Waals surface area (Å²) in [5.74, 6) is 0.791. The van der Waals surface area contributed by atoms with Gasteiger partial charge < -0.3 is 19.4 Å². The van der Waals surface area contributed by atoms with Crippen LogP contribution < -0.4 is 4.90 Å². The van der Waals surface area contributed by atoms with Gasteiger partial charge in [-0.15, -0.1) is 0 Å². The highest BCUT2D eigenvalue weighted by atomic mass is 16.5. The average molecular weight is 388 g/mol. The lowest BCUT2D eigenvalue weighted by Gasteiger charge is -2.41. The van der Waals surface area contributed by atoms with Crippen molar-refractivity contribution in [1.82, 2.24) is 19.8 Å². The molecule has 1 amide bonds. The van der Waals surface area contributed by atoms with Crippen LogP contribution in [-0.2, 0) is 4.74 Å². The Hall–Kier alpha value is -1.73. The quantitative estimate of drug-likeness (QED) is 0.789. The van der Waals surface area contributed by atoms with Gasteiger partial charge in [-0.25, -0.2) is 9.97 Å². The first-order valence-corrected chi connectivity index (χ1v) is 10.8. The third-order valence-electron chi connectivity index (χ3n) is 6.91. The number of rotatable bonds is 4. The third-order valence-corrected chi connectivity index (χ3v) is 6.91. The highest BCUT2D eigenvalue weighted by molar-refractivity contribution is 5.94. The molecule has 1 aromatic heterocycles. The molecule has 3 fully saturated rings. The van der Waals surface area contributed by atoms with Crippen molar-refractivity contribution in [3.8, 4) is 0 Å². The van der Waals surface area contributed by atoms with Crippen molar-refractivity contribution >= 4 is 11.9 Å². The third kappa shape index (κ3) is 3.74. The molecule has 1 spiro atoms. The minimum Gasteiger partial charge on any atom is -0.378 e. The summed E-state index contributed by atoms with van der Waals surface area (Å²) < 4.78 is 5.39. The molecule has 7 heteroatoms. The lowest BCUT2D eigenvalue weighted by molar-refractivity contribution is 0.0498. The summed E-state index contributed by atoms with van der Waals surface area (Å²) >= 11 is 0. The molecule has 2 saturated heterocycles. The summed E-state index contributed by atoms with van der Waals surface area (Å²) in [6.07, 6.45) is 10.5. The molecule has 7 nitrogen and oxygen atoms in total. The van der Waals surface area contributed by atoms with Crippen molar-refractivity contribution in [2.75, 3.05) is 51.3 Å². The van der Waals surface area contributed by atoms with Crippen LogP contribution in [0, 0.1) is 0 Å². The molecule has 1 saturated carbocycles. The molecular weight excluding hydrogens is 354 g/mol. The Labute approximate surface area is 168 Å². The van der Waals surface area contributed by atoms with Gasteiger partial charge in [-0.05, 0) is 32.9 Å². The van der Waals surface area contributed by atoms with Crippen molar-refractivity contribution in [3.05, 3.63) is 18.0 Å². The van der Waals surface area contributed by atoms with E-state index in [-0.39, 0.29) is 11.4 Å². The van der Waals surface area contributed by atoms with Crippen LogP contribution in [0.15, 0.2) is 12.4 Å². The predicted octanol–water partition coefficient (Wildman–Crippen LogP) is 2.18. The Morgan fingerprint density at radius 2 is 1.89 bits per heavy atom. The molecule has 3 aliphatic rings. The molecule has 1 aromatic rings. The van der Waals surface area contributed by atoms with Gasteiger partial charge in [-0.2, -0.15) is 0 Å². The number of carbonyl (C=O) groups excluding carboxylic acids is 1. The van der Waals surface area contributed by atoms with E-state index in [1.807, 2.05) is 0 Å². The second-order valence-corrected chi connectivity index (χ2v) is 8.50. The van der Waals surface area contributed by atoms with Crippen molar-refractivity contribution in [2.45, 2.75) is 57.0 Å². The van der Waals surface area contributed by atoms with Crippen LogP contribution in [0.3, 0.4) is 0 Å². The minimum absolute atomic E-state index is 0.0201. The number of hydrogen-bond acceptors (Lipinski definition) is 6. The number of morpholine rings is 1. The molecule has 0 radical (unpaired) electrons. The molecule has 1 aliphatic carbocycles. The molecule has 1 atom stereocenters. The number of ether oxygens (including phenoxy) is 1. The predicted molar refractivity (Wildman–Crippen MR) is 109 cm³/mol. The van der Waals surface area contributed by atoms with Crippen LogP contribution in [0.1, 0.15) is 55.8 Å². The van der Waals surface area contributed by atoms with Crippen molar-refractivity contribution in [2.24, 2.45) is 0 Å². The van der Waals surface area contributed by atoms with Crippen molar-refractivity contribution in [1.29, 1.82) is 0 Å². The van der Waals surface area contributed by atoms with E-state index in [9.17, 15) is 4.79 Å². The highest BCUT2D eigenvalue weighted by Gasteiger charge is 2.49. The molecule has 0 bridgehead atoms. The molecule has 1 unspecified atom stereocenters. The SMILES string of the molecule is CCN(C)C1CN(C(=O)c2cnc(N3CCOCC3)nc2)C2(CCCCC2)C1. The molecule has 0 aromatic carbocycles. The maximum atomic E-state index is 13.5. The lowest BCUT2D eigenvalue weighted by Crippen LogP contribution is -2.48. The van der Waals surface area contributed by atoms with Crippen molar-refractivity contribution in [3.63, 3.8) is 0 Å². The van der Waals surface area contributed by atoms with E-state index in [0.29, 0.717) is 30.8 Å². The Morgan fingerprint density at radius 3 is 2.54 bits per heavy atom. The smallest absolute Gasteiger partial charge is 0.257 e. The van der Waals surface area contributed by atoms with Crippen LogP contribution in [0.4, 0.5) is 5.95 Å². The largest absolute Gasteiger partial charge is 0.378 e. The van der Waals surface area contributed by atoms with E-state index >= 15 is 0 Å². The topological polar surface area (TPSA) is 61.8 Å². The summed E-state index contributed by atoms with van der Waals surface area (Å²) in [4.78, 5) is 29.1. The first kappa shape index (κ1) is 19.6. The fraction of sp³-hybridized carbons (Fsp3) is 0.762. The Morgan fingerprint density at radius 1 is 1.21 bits per heavy atom. The average Bonchev–Trinajstić information content (AvgIpc) is 3.12. The van der Waals surface area contributed by atoms with Gasteiger partial charge in [0, 0.05) is 43.6 Å². The standard InChI is InChI=1S/C21H33N5O2/c1-3-24(2)18-13-21(7-5-4-6-8-21)26(16-18)19(27)17-14-22-20(23-15-17)25-9-11-28-12-10-25/h14-15,18H,3-13,16H2,1-2H3. The highest BCUT2D eigenvalue weighted by Crippen LogP contribution is 2.43. The van der Waals surface area contributed by atoms with E-state index < -0.39 is 0 Å². The number of anilines is 1. The number of aromatic nitrogens is 2. The zero-order chi connectivity index (χ0) is 19.6. The number of nitrogens with zero attached hydrogens (tertiary/aromatic N) is 5. The lowest BCUT2D eigenvalue weighted by atomic mass is 9.79. The van der Waals surface area contributed by atoms with Crippen molar-refractivity contribution < 1.29 is 9.53 Å². The normalized spacial score (nSPS) is 24.9. The van der Waals surface area contributed by atoms with E-state index in [2.05, 4.69) is 38.6 Å². The monoisotopic (exact) mass is 387 g/mol. The van der Waals surface area contributed by atoms with Crippen LogP contribution in [0.25, 0.3) is 0 Å². The van der Waals surface area contributed by atoms with Gasteiger partial charge in [0.05, 0.1) is 18.8 Å². The Kier molecular flexibility index (Phi) is 5.83. The van der Waals surface area contributed by atoms with Crippen LogP contribution in [0.2, 0.25) is 0 Å². The molecule has 0 N–H and O–H groups in total. The maximum Gasteiger partial charge on any atom is 0.257 e. The zero-order valence-electron chi connectivity index (χ0n) is 17.3. The molecule has 4 rings (SSSR count). The van der Waals surface area contributed by atoms with E-state index in [4.69, 9.17) is 4.74 Å². The summed E-state index contributed by atoms with van der Waals surface area (Å²) in [5.41, 5.74) is 0.633. The summed E-state index contributed by atoms with van der Waals surface area (Å²) in [6.45, 7) is 7.02. The number of carbonyl (C=O) groups is 1. The van der Waals surface area contributed by atoms with E-state index in [1.54, 1.807) is 12.4 Å². The zero-order valence-corrected chi connectivity index (χ0v) is 17.3. The first-order chi connectivity index (χ1) is 13.6. The maximum absolute atomic E-state index is 13.5. The Bertz CT molecular complexity index is 668. The van der Waals surface area contributed by atoms with Gasteiger partial charge in [0.25, 0.3) is 5.91 Å². The molecular formula is C21H33N5O2. The molecule has 3 heterocycles. The van der Waals surface area contributed by atoms with Gasteiger partial charge in [0.15, 0.2) is 0 Å². The molecule has 28 heavy (non-hydrogen) atoms. The van der Waals surface area contributed by atoms with Gasteiger partial charge >= 0.3 is 0 Å². The van der Waals surface area contributed by atoms with Gasteiger partial charge in [-0.3, -0.25) is 4.79 Å². The molecule has 2 aliphatic heterocycles. The molecule has 154 valence electrons. The van der Waals surface area contributed by atoms with Gasteiger partial charge in [0.1, 0.15) is 0 Å². The van der Waals surface area contributed by atoms with Crippen LogP contribution >= 0.6 is 0 Å². The second kappa shape index (κ2) is 8.33. The van der Waals surface area contributed by atoms with Crippen LogP contribution in [-0.4, -0.2) is 83.7 Å².